The van der Waals surface area contributed by atoms with Crippen molar-refractivity contribution in [2.45, 2.75) is 23.2 Å². The number of halogens is 3. The smallest absolute Gasteiger partial charge is 0.325 e. The van der Waals surface area contributed by atoms with Gasteiger partial charge in [-0.15, -0.1) is 11.8 Å². The normalized spacial score (nSPS) is 12.0. The third-order valence-corrected chi connectivity index (χ3v) is 6.71. The predicted molar refractivity (Wildman–Crippen MR) is 141 cm³/mol. The molecule has 1 unspecified atom stereocenters. The standard InChI is InChI=1S/C29H23F3N2O2S/c1-19-13-15-21(16-14-19)27(35)33-24-11-6-12-25(18-24)37-26(20-7-3-2-4-8-20)28(36)34-23-10-5-9-22(17-23)29(30,31)32/h2-18,26H,1H3,(H,33,35)(H,34,36). The highest BCUT2D eigenvalue weighted by molar-refractivity contribution is 8.00. The fourth-order valence-electron chi connectivity index (χ4n) is 3.57. The Morgan fingerprint density at radius 3 is 2.08 bits per heavy atom. The van der Waals surface area contributed by atoms with Crippen LogP contribution in [-0.4, -0.2) is 11.8 Å². The van der Waals surface area contributed by atoms with Crippen LogP contribution in [0.4, 0.5) is 24.5 Å². The summed E-state index contributed by atoms with van der Waals surface area (Å²) in [4.78, 5) is 26.6. The molecule has 0 saturated carbocycles. The van der Waals surface area contributed by atoms with Crippen LogP contribution >= 0.6 is 11.8 Å². The second kappa shape index (κ2) is 11.3. The molecule has 4 aromatic carbocycles. The number of amides is 2. The van der Waals surface area contributed by atoms with Gasteiger partial charge >= 0.3 is 6.18 Å². The molecule has 4 aromatic rings. The van der Waals surface area contributed by atoms with Gasteiger partial charge in [0, 0.05) is 21.8 Å². The Hall–Kier alpha value is -4.04. The monoisotopic (exact) mass is 520 g/mol. The van der Waals surface area contributed by atoms with E-state index < -0.39 is 22.9 Å². The summed E-state index contributed by atoms with van der Waals surface area (Å²) in [6, 6.07) is 27.8. The van der Waals surface area contributed by atoms with Crippen LogP contribution in [0.3, 0.4) is 0 Å². The highest BCUT2D eigenvalue weighted by Crippen LogP contribution is 2.38. The molecule has 4 rings (SSSR count). The van der Waals surface area contributed by atoms with E-state index in [1.165, 1.54) is 23.9 Å². The van der Waals surface area contributed by atoms with Gasteiger partial charge in [-0.1, -0.05) is 60.2 Å². The Morgan fingerprint density at radius 1 is 0.757 bits per heavy atom. The molecule has 188 valence electrons. The molecule has 0 aliphatic heterocycles. The molecule has 0 spiro atoms. The molecule has 37 heavy (non-hydrogen) atoms. The molecule has 0 heterocycles. The minimum atomic E-state index is -4.52. The van der Waals surface area contributed by atoms with E-state index in [4.69, 9.17) is 0 Å². The number of alkyl halides is 3. The van der Waals surface area contributed by atoms with Gasteiger partial charge in [0.1, 0.15) is 5.25 Å². The summed E-state index contributed by atoms with van der Waals surface area (Å²) in [6.07, 6.45) is -4.52. The zero-order chi connectivity index (χ0) is 26.4. The molecule has 2 amide bonds. The van der Waals surface area contributed by atoms with Crippen molar-refractivity contribution in [1.82, 2.24) is 0 Å². The number of nitrogens with one attached hydrogen (secondary N) is 2. The maximum absolute atomic E-state index is 13.3. The van der Waals surface area contributed by atoms with Crippen molar-refractivity contribution in [3.63, 3.8) is 0 Å². The SMILES string of the molecule is Cc1ccc(C(=O)Nc2cccc(SC(C(=O)Nc3cccc(C(F)(F)F)c3)c3ccccc3)c2)cc1. The van der Waals surface area contributed by atoms with E-state index in [1.54, 1.807) is 60.7 Å². The summed E-state index contributed by atoms with van der Waals surface area (Å²) >= 11 is 1.23. The molecule has 0 bridgehead atoms. The van der Waals surface area contributed by atoms with E-state index in [2.05, 4.69) is 10.6 Å². The zero-order valence-corrected chi connectivity index (χ0v) is 20.6. The van der Waals surface area contributed by atoms with E-state index in [-0.39, 0.29) is 11.6 Å². The van der Waals surface area contributed by atoms with Crippen LogP contribution < -0.4 is 10.6 Å². The van der Waals surface area contributed by atoms with Crippen LogP contribution in [0.1, 0.15) is 32.3 Å². The van der Waals surface area contributed by atoms with E-state index in [0.717, 1.165) is 17.7 Å². The number of thioether (sulfide) groups is 1. The molecule has 0 saturated heterocycles. The molecule has 0 radical (unpaired) electrons. The van der Waals surface area contributed by atoms with Gasteiger partial charge in [0.15, 0.2) is 0 Å². The summed E-state index contributed by atoms with van der Waals surface area (Å²) < 4.78 is 39.4. The van der Waals surface area contributed by atoms with Crippen LogP contribution in [0, 0.1) is 6.92 Å². The fraction of sp³-hybridized carbons (Fsp3) is 0.103. The number of rotatable bonds is 7. The lowest BCUT2D eigenvalue weighted by Crippen LogP contribution is -2.19. The minimum absolute atomic E-state index is 0.0560. The second-order valence-electron chi connectivity index (χ2n) is 8.32. The Morgan fingerprint density at radius 2 is 1.41 bits per heavy atom. The lowest BCUT2D eigenvalue weighted by Gasteiger charge is -2.18. The summed E-state index contributed by atoms with van der Waals surface area (Å²) in [5, 5.41) is 4.73. The van der Waals surface area contributed by atoms with Gasteiger partial charge < -0.3 is 10.6 Å². The average Bonchev–Trinajstić information content (AvgIpc) is 2.88. The first-order valence-electron chi connectivity index (χ1n) is 11.4. The zero-order valence-electron chi connectivity index (χ0n) is 19.8. The maximum Gasteiger partial charge on any atom is 0.416 e. The largest absolute Gasteiger partial charge is 0.416 e. The third kappa shape index (κ3) is 7.01. The highest BCUT2D eigenvalue weighted by Gasteiger charge is 2.31. The van der Waals surface area contributed by atoms with E-state index in [9.17, 15) is 22.8 Å². The van der Waals surface area contributed by atoms with Gasteiger partial charge in [-0.05, 0) is 61.0 Å². The average molecular weight is 521 g/mol. The van der Waals surface area contributed by atoms with E-state index in [0.29, 0.717) is 21.7 Å². The quantitative estimate of drug-likeness (QED) is 0.245. The van der Waals surface area contributed by atoms with Gasteiger partial charge in [-0.2, -0.15) is 13.2 Å². The molecule has 0 fully saturated rings. The van der Waals surface area contributed by atoms with E-state index >= 15 is 0 Å². The lowest BCUT2D eigenvalue weighted by molar-refractivity contribution is -0.137. The van der Waals surface area contributed by atoms with Crippen molar-refractivity contribution in [3.8, 4) is 0 Å². The van der Waals surface area contributed by atoms with Crippen LogP contribution in [0.25, 0.3) is 0 Å². The number of hydrogen-bond acceptors (Lipinski definition) is 3. The van der Waals surface area contributed by atoms with Crippen molar-refractivity contribution in [2.24, 2.45) is 0 Å². The van der Waals surface area contributed by atoms with Crippen molar-refractivity contribution in [3.05, 3.63) is 125 Å². The Kier molecular flexibility index (Phi) is 7.98. The van der Waals surface area contributed by atoms with Gasteiger partial charge in [0.25, 0.3) is 5.91 Å². The minimum Gasteiger partial charge on any atom is -0.325 e. The molecule has 4 nitrogen and oxygen atoms in total. The first kappa shape index (κ1) is 26.0. The van der Waals surface area contributed by atoms with Crippen molar-refractivity contribution < 1.29 is 22.8 Å². The third-order valence-electron chi connectivity index (χ3n) is 5.46. The number of carbonyl (C=O) groups excluding carboxylic acids is 2. The van der Waals surface area contributed by atoms with Gasteiger partial charge in [0.2, 0.25) is 5.91 Å². The summed E-state index contributed by atoms with van der Waals surface area (Å²) in [6.45, 7) is 1.94. The first-order chi connectivity index (χ1) is 17.7. The molecular weight excluding hydrogens is 497 g/mol. The van der Waals surface area contributed by atoms with Crippen molar-refractivity contribution >= 4 is 35.0 Å². The Labute approximate surface area is 216 Å². The van der Waals surface area contributed by atoms with Gasteiger partial charge in [-0.3, -0.25) is 9.59 Å². The van der Waals surface area contributed by atoms with Gasteiger partial charge in [-0.25, -0.2) is 0 Å². The fourth-order valence-corrected chi connectivity index (χ4v) is 4.66. The van der Waals surface area contributed by atoms with E-state index in [1.807, 2.05) is 25.1 Å². The lowest BCUT2D eigenvalue weighted by atomic mass is 10.1. The summed E-state index contributed by atoms with van der Waals surface area (Å²) in [5.41, 5.74) is 2.02. The first-order valence-corrected chi connectivity index (χ1v) is 12.2. The van der Waals surface area contributed by atoms with Crippen LogP contribution in [0.5, 0.6) is 0 Å². The van der Waals surface area contributed by atoms with Crippen LogP contribution in [0.15, 0.2) is 108 Å². The molecule has 2 N–H and O–H groups in total. The number of anilines is 2. The number of benzene rings is 4. The second-order valence-corrected chi connectivity index (χ2v) is 9.50. The molecular formula is C29H23F3N2O2S. The Bertz CT molecular complexity index is 1390. The molecule has 0 aliphatic rings. The predicted octanol–water partition coefficient (Wildman–Crippen LogP) is 7.74. The van der Waals surface area contributed by atoms with Crippen molar-refractivity contribution in [1.29, 1.82) is 0 Å². The number of aryl methyl sites for hydroxylation is 1. The summed E-state index contributed by atoms with van der Waals surface area (Å²) in [5.74, 6) is -0.728. The summed E-state index contributed by atoms with van der Waals surface area (Å²) in [7, 11) is 0. The number of hydrogen-bond donors (Lipinski definition) is 2. The number of carbonyl (C=O) groups is 2. The Balaban J connectivity index is 1.54. The van der Waals surface area contributed by atoms with Crippen LogP contribution in [0.2, 0.25) is 0 Å². The molecule has 0 aromatic heterocycles. The highest BCUT2D eigenvalue weighted by atomic mass is 32.2. The van der Waals surface area contributed by atoms with Crippen molar-refractivity contribution in [2.75, 3.05) is 10.6 Å². The van der Waals surface area contributed by atoms with Crippen LogP contribution in [-0.2, 0) is 11.0 Å². The van der Waals surface area contributed by atoms with Gasteiger partial charge in [0.05, 0.1) is 5.56 Å². The molecule has 1 atom stereocenters. The topological polar surface area (TPSA) is 58.2 Å². The maximum atomic E-state index is 13.3. The molecule has 8 heteroatoms. The molecule has 0 aliphatic carbocycles.